The molecular formula is C46H72O19. The van der Waals surface area contributed by atoms with E-state index in [0.29, 0.717) is 32.3 Å². The van der Waals surface area contributed by atoms with Crippen molar-refractivity contribution in [1.29, 1.82) is 0 Å². The van der Waals surface area contributed by atoms with Crippen molar-refractivity contribution in [1.82, 2.24) is 0 Å². The van der Waals surface area contributed by atoms with Crippen molar-refractivity contribution in [2.45, 2.75) is 203 Å². The van der Waals surface area contributed by atoms with Crippen molar-refractivity contribution in [2.75, 3.05) is 20.3 Å². The SMILES string of the molecule is COC1(C(=O)OC2CC3C4CC=C5CC(OC6OC(CO)C(OC7OC(C)C(O)C(O)C7O)C(O)C6OC6OC(C)C(O)C(O)C6O)CCC5(C)C4CCC3(C)C2C(C)=O)CC(C)CO1. The van der Waals surface area contributed by atoms with E-state index in [2.05, 4.69) is 19.9 Å². The smallest absolute Gasteiger partial charge is 0.367 e. The van der Waals surface area contributed by atoms with Crippen LogP contribution in [0.1, 0.15) is 92.9 Å². The molecule has 0 radical (unpaired) electrons. The molecule has 4 aliphatic carbocycles. The van der Waals surface area contributed by atoms with Gasteiger partial charge in [-0.15, -0.1) is 0 Å². The minimum Gasteiger partial charge on any atom is -0.458 e. The lowest BCUT2D eigenvalue weighted by Crippen LogP contribution is -2.66. The number of allylic oxidation sites excluding steroid dienone is 1. The number of ketones is 1. The van der Waals surface area contributed by atoms with Crippen LogP contribution in [0.3, 0.4) is 0 Å². The summed E-state index contributed by atoms with van der Waals surface area (Å²) in [6, 6.07) is 0. The van der Waals surface area contributed by atoms with Crippen LogP contribution in [0, 0.1) is 40.4 Å². The van der Waals surface area contributed by atoms with Gasteiger partial charge in [0.05, 0.1) is 37.4 Å². The molecule has 19 nitrogen and oxygen atoms in total. The summed E-state index contributed by atoms with van der Waals surface area (Å²) in [6.45, 7) is 10.7. The molecule has 0 bridgehead atoms. The Balaban J connectivity index is 0.999. The highest BCUT2D eigenvalue weighted by molar-refractivity contribution is 5.82. The molecule has 19 heteroatoms. The molecule has 4 saturated heterocycles. The van der Waals surface area contributed by atoms with Gasteiger partial charge in [-0.05, 0) is 100 Å². The third-order valence-corrected chi connectivity index (χ3v) is 16.9. The van der Waals surface area contributed by atoms with E-state index in [1.54, 1.807) is 6.92 Å². The molecule has 0 aromatic heterocycles. The van der Waals surface area contributed by atoms with Gasteiger partial charge in [-0.3, -0.25) is 4.79 Å². The number of hydrogen-bond donors (Lipinski definition) is 8. The Morgan fingerprint density at radius 2 is 1.40 bits per heavy atom. The predicted octanol–water partition coefficient (Wildman–Crippen LogP) is -0.0361. The van der Waals surface area contributed by atoms with Crippen molar-refractivity contribution in [3.63, 3.8) is 0 Å². The molecule has 0 aromatic rings. The maximum absolute atomic E-state index is 13.7. The first kappa shape index (κ1) is 49.7. The summed E-state index contributed by atoms with van der Waals surface area (Å²) in [5.41, 5.74) is 0.628. The number of carbonyl (C=O) groups excluding carboxylic acids is 2. The first-order chi connectivity index (χ1) is 30.7. The van der Waals surface area contributed by atoms with Gasteiger partial charge in [-0.1, -0.05) is 32.4 Å². The largest absolute Gasteiger partial charge is 0.458 e. The van der Waals surface area contributed by atoms with Gasteiger partial charge in [0.15, 0.2) is 18.9 Å². The Labute approximate surface area is 379 Å². The normalized spacial score (nSPS) is 53.4. The number of aliphatic hydroxyl groups is 8. The molecule has 3 saturated carbocycles. The molecule has 4 heterocycles. The van der Waals surface area contributed by atoms with Crippen LogP contribution >= 0.6 is 0 Å². The van der Waals surface area contributed by atoms with E-state index >= 15 is 0 Å². The van der Waals surface area contributed by atoms with Crippen LogP contribution in [0.5, 0.6) is 0 Å². The lowest BCUT2D eigenvalue weighted by molar-refractivity contribution is -0.388. The summed E-state index contributed by atoms with van der Waals surface area (Å²) in [5.74, 6) is -1.75. The lowest BCUT2D eigenvalue weighted by atomic mass is 9.47. The van der Waals surface area contributed by atoms with Gasteiger partial charge in [0, 0.05) is 13.5 Å². The average molecular weight is 929 g/mol. The van der Waals surface area contributed by atoms with Gasteiger partial charge in [-0.2, -0.15) is 0 Å². The Kier molecular flexibility index (Phi) is 14.4. The van der Waals surface area contributed by atoms with Crippen molar-refractivity contribution in [2.24, 2.45) is 40.4 Å². The number of Topliss-reactive ketones (excluding diaryl/α,β-unsaturated/α-hetero) is 1. The zero-order valence-electron chi connectivity index (χ0n) is 38.4. The number of esters is 1. The Bertz CT molecular complexity index is 1750. The topological polar surface area (TPSA) is 279 Å². The average Bonchev–Trinajstić information content (AvgIpc) is 3.81. The lowest BCUT2D eigenvalue weighted by Gasteiger charge is -2.58. The number of methoxy groups -OCH3 is 1. The van der Waals surface area contributed by atoms with E-state index in [4.69, 9.17) is 42.6 Å². The van der Waals surface area contributed by atoms with Crippen LogP contribution in [0.4, 0.5) is 0 Å². The minimum atomic E-state index is -1.75. The summed E-state index contributed by atoms with van der Waals surface area (Å²) in [5, 5.41) is 85.9. The molecule has 4 aliphatic heterocycles. The molecule has 0 spiro atoms. The zero-order valence-corrected chi connectivity index (χ0v) is 38.4. The Hall–Kier alpha value is -1.76. The number of rotatable bonds is 11. The summed E-state index contributed by atoms with van der Waals surface area (Å²) in [4.78, 5) is 27.2. The van der Waals surface area contributed by atoms with Crippen molar-refractivity contribution >= 4 is 11.8 Å². The maximum atomic E-state index is 13.7. The zero-order chi connectivity index (χ0) is 47.1. The molecule has 65 heavy (non-hydrogen) atoms. The van der Waals surface area contributed by atoms with Crippen LogP contribution in [-0.4, -0.2) is 183 Å². The molecule has 370 valence electrons. The van der Waals surface area contributed by atoms with E-state index in [1.807, 2.05) is 6.92 Å². The van der Waals surface area contributed by atoms with Gasteiger partial charge < -0.3 is 83.5 Å². The molecule has 8 aliphatic rings. The molecule has 0 aromatic carbocycles. The van der Waals surface area contributed by atoms with Crippen molar-refractivity contribution < 1.29 is 93.1 Å². The quantitative estimate of drug-likeness (QED) is 0.0998. The summed E-state index contributed by atoms with van der Waals surface area (Å²) < 4.78 is 54.1. The Morgan fingerprint density at radius 1 is 0.769 bits per heavy atom. The van der Waals surface area contributed by atoms with Gasteiger partial charge in [-0.25, -0.2) is 4.79 Å². The second kappa shape index (κ2) is 18.9. The van der Waals surface area contributed by atoms with Gasteiger partial charge >= 0.3 is 5.97 Å². The van der Waals surface area contributed by atoms with Crippen LogP contribution < -0.4 is 0 Å². The molecule has 8 N–H and O–H groups in total. The second-order valence-electron chi connectivity index (χ2n) is 20.9. The summed E-state index contributed by atoms with van der Waals surface area (Å²) >= 11 is 0. The standard InChI is InChI=1S/C46H72O19/c1-19-16-46(57-7,58-18-19)43(56)63-28-15-27-25-9-8-23-14-24(10-12-44(23,5)26(25)11-13-45(27,6)30(28)20(2)48)61-42-39(65-41-36(54)34(52)32(50)22(4)60-41)37(55)38(29(17-47)62-42)64-40-35(53)33(51)31(49)21(3)59-40/h8,19,21-22,24-42,47,49-55H,9-18H2,1-7H3. The number of ether oxygens (including phenoxy) is 9. The molecular weight excluding hydrogens is 856 g/mol. The van der Waals surface area contributed by atoms with E-state index in [9.17, 15) is 50.4 Å². The highest BCUT2D eigenvalue weighted by Crippen LogP contribution is 2.67. The molecule has 7 fully saturated rings. The first-order valence-corrected chi connectivity index (χ1v) is 23.6. The number of hydrogen-bond acceptors (Lipinski definition) is 19. The number of aliphatic hydroxyl groups excluding tert-OH is 8. The third kappa shape index (κ3) is 8.69. The van der Waals surface area contributed by atoms with E-state index in [-0.39, 0.29) is 40.3 Å². The van der Waals surface area contributed by atoms with Crippen LogP contribution in [0.2, 0.25) is 0 Å². The minimum absolute atomic E-state index is 0.00831. The van der Waals surface area contributed by atoms with Crippen LogP contribution in [0.15, 0.2) is 11.6 Å². The monoisotopic (exact) mass is 928 g/mol. The maximum Gasteiger partial charge on any atom is 0.367 e. The summed E-state index contributed by atoms with van der Waals surface area (Å²) in [6.07, 6.45) is -15.7. The van der Waals surface area contributed by atoms with Crippen LogP contribution in [-0.2, 0) is 52.2 Å². The second-order valence-corrected chi connectivity index (χ2v) is 20.9. The fourth-order valence-electron chi connectivity index (χ4n) is 13.2. The van der Waals surface area contributed by atoms with Crippen molar-refractivity contribution in [3.05, 3.63) is 11.6 Å². The van der Waals surface area contributed by atoms with E-state index < -0.39 is 129 Å². The first-order valence-electron chi connectivity index (χ1n) is 23.6. The fourth-order valence-corrected chi connectivity index (χ4v) is 13.2. The van der Waals surface area contributed by atoms with Crippen molar-refractivity contribution in [3.8, 4) is 0 Å². The summed E-state index contributed by atoms with van der Waals surface area (Å²) in [7, 11) is 1.45. The molecule has 8 rings (SSSR count). The van der Waals surface area contributed by atoms with Gasteiger partial charge in [0.1, 0.15) is 72.9 Å². The molecule has 25 atom stereocenters. The third-order valence-electron chi connectivity index (χ3n) is 16.9. The Morgan fingerprint density at radius 3 is 1.97 bits per heavy atom. The van der Waals surface area contributed by atoms with Gasteiger partial charge in [0.2, 0.25) is 0 Å². The molecule has 0 amide bonds. The number of carbonyl (C=O) groups is 2. The molecule has 25 unspecified atom stereocenters. The fraction of sp³-hybridized carbons (Fsp3) is 0.913. The van der Waals surface area contributed by atoms with E-state index in [1.165, 1.54) is 26.5 Å². The van der Waals surface area contributed by atoms with E-state index in [0.717, 1.165) is 25.7 Å². The highest BCUT2D eigenvalue weighted by atomic mass is 16.8. The number of fused-ring (bicyclic) bond motifs is 5. The van der Waals surface area contributed by atoms with Gasteiger partial charge in [0.25, 0.3) is 5.79 Å². The van der Waals surface area contributed by atoms with Crippen LogP contribution in [0.25, 0.3) is 0 Å². The predicted molar refractivity (Wildman–Crippen MR) is 222 cm³/mol. The highest BCUT2D eigenvalue weighted by Gasteiger charge is 2.64.